The summed E-state index contributed by atoms with van der Waals surface area (Å²) in [5.41, 5.74) is 1.97. The average molecular weight is 291 g/mol. The van der Waals surface area contributed by atoms with Crippen LogP contribution in [0.25, 0.3) is 0 Å². The van der Waals surface area contributed by atoms with Gasteiger partial charge in [0.25, 0.3) is 0 Å². The van der Waals surface area contributed by atoms with Crippen molar-refractivity contribution in [3.63, 3.8) is 0 Å². The van der Waals surface area contributed by atoms with E-state index >= 15 is 0 Å². The smallest absolute Gasteiger partial charge is 0.250 e. The Kier molecular flexibility index (Phi) is 5.37. The molecule has 1 heterocycles. The highest BCUT2D eigenvalue weighted by Crippen LogP contribution is 2.29. The van der Waals surface area contributed by atoms with Crippen LogP contribution in [0, 0.1) is 0 Å². The quantitative estimate of drug-likeness (QED) is 0.906. The number of ether oxygens (including phenoxy) is 2. The maximum Gasteiger partial charge on any atom is 0.250 e. The minimum absolute atomic E-state index is 0.0115. The lowest BCUT2D eigenvalue weighted by Crippen LogP contribution is -2.24. The number of anilines is 1. The molecule has 1 aromatic carbocycles. The van der Waals surface area contributed by atoms with E-state index in [4.69, 9.17) is 9.47 Å². The molecular weight excluding hydrogens is 266 g/mol. The Morgan fingerprint density at radius 3 is 2.81 bits per heavy atom. The summed E-state index contributed by atoms with van der Waals surface area (Å²) in [6, 6.07) is 7.89. The zero-order valence-electron chi connectivity index (χ0n) is 13.1. The van der Waals surface area contributed by atoms with Crippen molar-refractivity contribution < 1.29 is 14.3 Å². The van der Waals surface area contributed by atoms with E-state index in [1.165, 1.54) is 0 Å². The molecule has 0 bridgehead atoms. The van der Waals surface area contributed by atoms with Gasteiger partial charge in [0.05, 0.1) is 12.7 Å². The van der Waals surface area contributed by atoms with Gasteiger partial charge >= 0.3 is 0 Å². The molecule has 0 saturated carbocycles. The molecule has 1 saturated heterocycles. The first-order chi connectivity index (χ1) is 9.97. The SMILES string of the molecule is CC(C)(C)c1ccccc1NC(=O)COCC1CCCO1. The van der Waals surface area contributed by atoms with Crippen molar-refractivity contribution >= 4 is 11.6 Å². The minimum Gasteiger partial charge on any atom is -0.376 e. The van der Waals surface area contributed by atoms with E-state index in [0.29, 0.717) is 6.61 Å². The van der Waals surface area contributed by atoms with E-state index in [1.54, 1.807) is 0 Å². The number of benzene rings is 1. The second-order valence-corrected chi connectivity index (χ2v) is 6.49. The molecule has 1 N–H and O–H groups in total. The maximum absolute atomic E-state index is 12.0. The number of hydrogen-bond donors (Lipinski definition) is 1. The highest BCUT2D eigenvalue weighted by atomic mass is 16.5. The van der Waals surface area contributed by atoms with Gasteiger partial charge < -0.3 is 14.8 Å². The Morgan fingerprint density at radius 2 is 2.14 bits per heavy atom. The first kappa shape index (κ1) is 16.0. The van der Waals surface area contributed by atoms with Gasteiger partial charge in [-0.15, -0.1) is 0 Å². The average Bonchev–Trinajstić information content (AvgIpc) is 2.91. The fourth-order valence-corrected chi connectivity index (χ4v) is 2.49. The molecule has 1 atom stereocenters. The molecule has 4 nitrogen and oxygen atoms in total. The fraction of sp³-hybridized carbons (Fsp3) is 0.588. The third kappa shape index (κ3) is 4.83. The van der Waals surface area contributed by atoms with Crippen LogP contribution < -0.4 is 5.32 Å². The number of para-hydroxylation sites is 1. The minimum atomic E-state index is -0.121. The highest BCUT2D eigenvalue weighted by molar-refractivity contribution is 5.92. The maximum atomic E-state index is 12.0. The Hall–Kier alpha value is -1.39. The number of hydrogen-bond acceptors (Lipinski definition) is 3. The van der Waals surface area contributed by atoms with Crippen LogP contribution in [-0.4, -0.2) is 31.8 Å². The molecule has 116 valence electrons. The lowest BCUT2D eigenvalue weighted by molar-refractivity contribution is -0.121. The van der Waals surface area contributed by atoms with Gasteiger partial charge in [-0.3, -0.25) is 4.79 Å². The van der Waals surface area contributed by atoms with Crippen LogP contribution >= 0.6 is 0 Å². The highest BCUT2D eigenvalue weighted by Gasteiger charge is 2.19. The summed E-state index contributed by atoms with van der Waals surface area (Å²) in [7, 11) is 0. The first-order valence-corrected chi connectivity index (χ1v) is 7.55. The number of amides is 1. The van der Waals surface area contributed by atoms with Crippen LogP contribution in [0.5, 0.6) is 0 Å². The Balaban J connectivity index is 1.85. The van der Waals surface area contributed by atoms with Crippen LogP contribution in [0.3, 0.4) is 0 Å². The van der Waals surface area contributed by atoms with Crippen LogP contribution in [0.1, 0.15) is 39.2 Å². The second kappa shape index (κ2) is 7.05. The predicted octanol–water partition coefficient (Wildman–Crippen LogP) is 3.12. The normalized spacial score (nSPS) is 18.7. The Bertz CT molecular complexity index is 473. The van der Waals surface area contributed by atoms with Crippen molar-refractivity contribution in [2.45, 2.75) is 45.1 Å². The fourth-order valence-electron chi connectivity index (χ4n) is 2.49. The first-order valence-electron chi connectivity index (χ1n) is 7.55. The Labute approximate surface area is 126 Å². The molecule has 1 aliphatic rings. The zero-order valence-corrected chi connectivity index (χ0v) is 13.1. The van der Waals surface area contributed by atoms with Gasteiger partial charge in [0, 0.05) is 12.3 Å². The van der Waals surface area contributed by atoms with Crippen LogP contribution in [-0.2, 0) is 19.7 Å². The van der Waals surface area contributed by atoms with Gasteiger partial charge in [0.15, 0.2) is 0 Å². The summed E-state index contributed by atoms with van der Waals surface area (Å²) in [6.07, 6.45) is 2.26. The van der Waals surface area contributed by atoms with E-state index < -0.39 is 0 Å². The van der Waals surface area contributed by atoms with Crippen LogP contribution in [0.2, 0.25) is 0 Å². The molecule has 21 heavy (non-hydrogen) atoms. The monoisotopic (exact) mass is 291 g/mol. The van der Waals surface area contributed by atoms with Crippen LogP contribution in [0.15, 0.2) is 24.3 Å². The summed E-state index contributed by atoms with van der Waals surface area (Å²) >= 11 is 0. The van der Waals surface area contributed by atoms with E-state index in [9.17, 15) is 4.79 Å². The van der Waals surface area contributed by atoms with E-state index in [1.807, 2.05) is 24.3 Å². The number of carbonyl (C=O) groups excluding carboxylic acids is 1. The topological polar surface area (TPSA) is 47.6 Å². The summed E-state index contributed by atoms with van der Waals surface area (Å²) in [5.74, 6) is -0.121. The molecule has 2 rings (SSSR count). The Morgan fingerprint density at radius 1 is 1.38 bits per heavy atom. The molecule has 0 radical (unpaired) electrons. The number of nitrogens with one attached hydrogen (secondary N) is 1. The largest absolute Gasteiger partial charge is 0.376 e. The predicted molar refractivity (Wildman–Crippen MR) is 83.6 cm³/mol. The second-order valence-electron chi connectivity index (χ2n) is 6.49. The van der Waals surface area contributed by atoms with Crippen LogP contribution in [0.4, 0.5) is 5.69 Å². The summed E-state index contributed by atoms with van der Waals surface area (Å²) in [6.45, 7) is 7.76. The lowest BCUT2D eigenvalue weighted by atomic mass is 9.86. The van der Waals surface area contributed by atoms with Gasteiger partial charge in [-0.1, -0.05) is 39.0 Å². The lowest BCUT2D eigenvalue weighted by Gasteiger charge is -2.23. The molecule has 1 aliphatic heterocycles. The van der Waals surface area contributed by atoms with E-state index in [2.05, 4.69) is 26.1 Å². The van der Waals surface area contributed by atoms with Crippen molar-refractivity contribution in [3.8, 4) is 0 Å². The van der Waals surface area contributed by atoms with Gasteiger partial charge in [-0.2, -0.15) is 0 Å². The van der Waals surface area contributed by atoms with Gasteiger partial charge in [-0.25, -0.2) is 0 Å². The van der Waals surface area contributed by atoms with Crippen molar-refractivity contribution in [2.75, 3.05) is 25.1 Å². The summed E-state index contributed by atoms with van der Waals surface area (Å²) in [4.78, 5) is 12.0. The van der Waals surface area contributed by atoms with Crippen molar-refractivity contribution in [1.29, 1.82) is 0 Å². The molecule has 0 spiro atoms. The van der Waals surface area contributed by atoms with Crippen molar-refractivity contribution in [3.05, 3.63) is 29.8 Å². The molecule has 0 aliphatic carbocycles. The molecule has 1 fully saturated rings. The van der Waals surface area contributed by atoms with Crippen molar-refractivity contribution in [2.24, 2.45) is 0 Å². The van der Waals surface area contributed by atoms with Gasteiger partial charge in [0.1, 0.15) is 6.61 Å². The number of rotatable bonds is 5. The van der Waals surface area contributed by atoms with Gasteiger partial charge in [-0.05, 0) is 29.9 Å². The standard InChI is InChI=1S/C17H25NO3/c1-17(2,3)14-8-4-5-9-15(14)18-16(19)12-20-11-13-7-6-10-21-13/h4-5,8-9,13H,6-7,10-12H2,1-3H3,(H,18,19). The third-order valence-corrected chi connectivity index (χ3v) is 3.57. The van der Waals surface area contributed by atoms with E-state index in [-0.39, 0.29) is 24.0 Å². The van der Waals surface area contributed by atoms with Gasteiger partial charge in [0.2, 0.25) is 5.91 Å². The zero-order chi connectivity index (χ0) is 15.3. The van der Waals surface area contributed by atoms with Crippen molar-refractivity contribution in [1.82, 2.24) is 0 Å². The molecule has 1 amide bonds. The third-order valence-electron chi connectivity index (χ3n) is 3.57. The molecule has 4 heteroatoms. The van der Waals surface area contributed by atoms with E-state index in [0.717, 1.165) is 30.7 Å². The summed E-state index contributed by atoms with van der Waals surface area (Å²) in [5, 5.41) is 2.94. The summed E-state index contributed by atoms with van der Waals surface area (Å²) < 4.78 is 10.9. The molecule has 0 aromatic heterocycles. The molecule has 1 aromatic rings. The molecular formula is C17H25NO3. The number of carbonyl (C=O) groups is 1. The molecule has 1 unspecified atom stereocenters.